The molecule has 0 spiro atoms. The van der Waals surface area contributed by atoms with Crippen LogP contribution in [0.3, 0.4) is 0 Å². The van der Waals surface area contributed by atoms with E-state index >= 15 is 0 Å². The van der Waals surface area contributed by atoms with Gasteiger partial charge in [-0.15, -0.1) is 0 Å². The van der Waals surface area contributed by atoms with E-state index in [1.54, 1.807) is 0 Å². The van der Waals surface area contributed by atoms with Crippen LogP contribution in [0.1, 0.15) is 32.6 Å². The number of carbonyl (C=O) groups excluding carboxylic acids is 1. The van der Waals surface area contributed by atoms with Crippen molar-refractivity contribution in [1.29, 1.82) is 0 Å². The maximum Gasteiger partial charge on any atom is 0.248 e. The lowest BCUT2D eigenvalue weighted by Crippen LogP contribution is -2.44. The summed E-state index contributed by atoms with van der Waals surface area (Å²) in [6, 6.07) is 0.391. The van der Waals surface area contributed by atoms with Crippen LogP contribution < -0.4 is 5.73 Å². The highest BCUT2D eigenvalue weighted by atomic mass is 16.5. The fraction of sp³-hybridized carbons (Fsp3) is 0.917. The molecule has 0 aromatic carbocycles. The van der Waals surface area contributed by atoms with Crippen LogP contribution in [0.5, 0.6) is 0 Å². The first-order valence-electron chi connectivity index (χ1n) is 6.20. The second kappa shape index (κ2) is 6.86. The Labute approximate surface area is 98.1 Å². The van der Waals surface area contributed by atoms with Gasteiger partial charge in [0.1, 0.15) is 6.61 Å². The highest BCUT2D eigenvalue weighted by Crippen LogP contribution is 2.27. The van der Waals surface area contributed by atoms with Gasteiger partial charge in [0.05, 0.1) is 6.61 Å². The second-order valence-electron chi connectivity index (χ2n) is 4.67. The molecule has 4 heteroatoms. The van der Waals surface area contributed by atoms with Gasteiger partial charge in [0, 0.05) is 19.6 Å². The van der Waals surface area contributed by atoms with Crippen molar-refractivity contribution in [2.75, 3.05) is 26.8 Å². The van der Waals surface area contributed by atoms with Crippen molar-refractivity contribution in [3.8, 4) is 0 Å². The van der Waals surface area contributed by atoms with E-state index in [-0.39, 0.29) is 12.5 Å². The molecule has 0 aliphatic heterocycles. The predicted molar refractivity (Wildman–Crippen MR) is 64.1 cm³/mol. The molecule has 0 saturated heterocycles. The molecule has 0 bridgehead atoms. The van der Waals surface area contributed by atoms with Gasteiger partial charge in [0.2, 0.25) is 5.91 Å². The third kappa shape index (κ3) is 3.76. The molecule has 1 rings (SSSR count). The molecule has 16 heavy (non-hydrogen) atoms. The third-order valence-electron chi connectivity index (χ3n) is 3.44. The van der Waals surface area contributed by atoms with Crippen LogP contribution in [-0.2, 0) is 9.53 Å². The Morgan fingerprint density at radius 2 is 2.12 bits per heavy atom. The first-order valence-corrected chi connectivity index (χ1v) is 6.20. The normalized spacial score (nSPS) is 25.4. The smallest absolute Gasteiger partial charge is 0.248 e. The Morgan fingerprint density at radius 3 is 2.75 bits per heavy atom. The third-order valence-corrected chi connectivity index (χ3v) is 3.44. The minimum Gasteiger partial charge on any atom is -0.370 e. The van der Waals surface area contributed by atoms with Gasteiger partial charge in [-0.1, -0.05) is 19.8 Å². The second-order valence-corrected chi connectivity index (χ2v) is 4.67. The van der Waals surface area contributed by atoms with E-state index < -0.39 is 0 Å². The highest BCUT2D eigenvalue weighted by molar-refractivity contribution is 5.77. The minimum absolute atomic E-state index is 0.0761. The molecule has 1 aliphatic carbocycles. The maximum absolute atomic E-state index is 11.8. The van der Waals surface area contributed by atoms with Crippen LogP contribution >= 0.6 is 0 Å². The van der Waals surface area contributed by atoms with Crippen LogP contribution in [0.15, 0.2) is 0 Å². The van der Waals surface area contributed by atoms with Crippen molar-refractivity contribution < 1.29 is 9.53 Å². The van der Waals surface area contributed by atoms with Crippen LogP contribution in [0.4, 0.5) is 0 Å². The fourth-order valence-electron chi connectivity index (χ4n) is 2.40. The Kier molecular flexibility index (Phi) is 5.77. The summed E-state index contributed by atoms with van der Waals surface area (Å²) in [5.74, 6) is 0.685. The molecular weight excluding hydrogens is 204 g/mol. The molecule has 0 radical (unpaired) electrons. The number of ether oxygens (including phenoxy) is 1. The van der Waals surface area contributed by atoms with Gasteiger partial charge in [0.15, 0.2) is 0 Å². The zero-order valence-electron chi connectivity index (χ0n) is 10.4. The molecule has 1 aliphatic rings. The Hall–Kier alpha value is -0.610. The monoisotopic (exact) mass is 228 g/mol. The molecule has 0 heterocycles. The fourth-order valence-corrected chi connectivity index (χ4v) is 2.40. The quantitative estimate of drug-likeness (QED) is 0.714. The number of rotatable bonds is 5. The van der Waals surface area contributed by atoms with Crippen molar-refractivity contribution in [2.24, 2.45) is 11.7 Å². The van der Waals surface area contributed by atoms with E-state index in [1.807, 2.05) is 11.9 Å². The number of nitrogens with two attached hydrogens (primary N) is 1. The van der Waals surface area contributed by atoms with Crippen molar-refractivity contribution in [3.05, 3.63) is 0 Å². The van der Waals surface area contributed by atoms with Gasteiger partial charge in [0.25, 0.3) is 0 Å². The standard InChI is InChI=1S/C12H24N2O2/c1-10-5-3-4-6-11(10)14(2)12(15)9-16-8-7-13/h10-11H,3-9,13H2,1-2H3. The number of hydrogen-bond donors (Lipinski definition) is 1. The molecule has 1 saturated carbocycles. The summed E-state index contributed by atoms with van der Waals surface area (Å²) in [7, 11) is 1.89. The Morgan fingerprint density at radius 1 is 1.44 bits per heavy atom. The van der Waals surface area contributed by atoms with Crippen LogP contribution in [0.25, 0.3) is 0 Å². The number of hydrogen-bond acceptors (Lipinski definition) is 3. The lowest BCUT2D eigenvalue weighted by molar-refractivity contribution is -0.138. The summed E-state index contributed by atoms with van der Waals surface area (Å²) in [4.78, 5) is 13.7. The Bertz CT molecular complexity index is 221. The Balaban J connectivity index is 2.36. The first-order chi connectivity index (χ1) is 7.66. The summed E-state index contributed by atoms with van der Waals surface area (Å²) in [6.07, 6.45) is 4.88. The molecule has 0 aromatic rings. The molecule has 0 aromatic heterocycles. The van der Waals surface area contributed by atoms with E-state index in [1.165, 1.54) is 19.3 Å². The topological polar surface area (TPSA) is 55.6 Å². The van der Waals surface area contributed by atoms with Crippen molar-refractivity contribution >= 4 is 5.91 Å². The average molecular weight is 228 g/mol. The van der Waals surface area contributed by atoms with Gasteiger partial charge in [-0.05, 0) is 18.8 Å². The average Bonchev–Trinajstić information content (AvgIpc) is 2.29. The van der Waals surface area contributed by atoms with Crippen LogP contribution in [0, 0.1) is 5.92 Å². The number of carbonyl (C=O) groups is 1. The van der Waals surface area contributed by atoms with E-state index in [2.05, 4.69) is 6.92 Å². The highest BCUT2D eigenvalue weighted by Gasteiger charge is 2.27. The minimum atomic E-state index is 0.0761. The van der Waals surface area contributed by atoms with E-state index in [9.17, 15) is 4.79 Å². The van der Waals surface area contributed by atoms with Gasteiger partial charge in [-0.25, -0.2) is 0 Å². The van der Waals surface area contributed by atoms with E-state index in [0.717, 1.165) is 6.42 Å². The van der Waals surface area contributed by atoms with E-state index in [0.29, 0.717) is 25.1 Å². The number of likely N-dealkylation sites (N-methyl/N-ethyl adjacent to an activating group) is 1. The van der Waals surface area contributed by atoms with Crippen molar-refractivity contribution in [3.63, 3.8) is 0 Å². The molecule has 1 amide bonds. The summed E-state index contributed by atoms with van der Waals surface area (Å²) in [5, 5.41) is 0. The lowest BCUT2D eigenvalue weighted by atomic mass is 9.85. The van der Waals surface area contributed by atoms with Gasteiger partial charge < -0.3 is 15.4 Å². The molecule has 2 unspecified atom stereocenters. The van der Waals surface area contributed by atoms with E-state index in [4.69, 9.17) is 10.5 Å². The molecule has 2 atom stereocenters. The molecule has 2 N–H and O–H groups in total. The molecule has 1 fully saturated rings. The van der Waals surface area contributed by atoms with Gasteiger partial charge in [-0.2, -0.15) is 0 Å². The zero-order valence-corrected chi connectivity index (χ0v) is 10.4. The summed E-state index contributed by atoms with van der Waals surface area (Å²) in [6.45, 7) is 3.32. The summed E-state index contributed by atoms with van der Waals surface area (Å²) >= 11 is 0. The van der Waals surface area contributed by atoms with Crippen molar-refractivity contribution in [1.82, 2.24) is 4.90 Å². The van der Waals surface area contributed by atoms with Crippen LogP contribution in [-0.4, -0.2) is 43.7 Å². The molecule has 4 nitrogen and oxygen atoms in total. The SMILES string of the molecule is CC1CCCCC1N(C)C(=O)COCCN. The predicted octanol–water partition coefficient (Wildman–Crippen LogP) is 0.999. The van der Waals surface area contributed by atoms with Crippen LogP contribution in [0.2, 0.25) is 0 Å². The maximum atomic E-state index is 11.8. The summed E-state index contributed by atoms with van der Waals surface area (Å²) in [5.41, 5.74) is 5.31. The molecule has 94 valence electrons. The number of nitrogens with zero attached hydrogens (tertiary/aromatic N) is 1. The van der Waals surface area contributed by atoms with Crippen molar-refractivity contribution in [2.45, 2.75) is 38.6 Å². The first kappa shape index (κ1) is 13.5. The largest absolute Gasteiger partial charge is 0.370 e. The zero-order chi connectivity index (χ0) is 12.0. The number of amides is 1. The summed E-state index contributed by atoms with van der Waals surface area (Å²) < 4.78 is 5.18. The molecular formula is C12H24N2O2. The van der Waals surface area contributed by atoms with Gasteiger partial charge >= 0.3 is 0 Å². The lowest BCUT2D eigenvalue weighted by Gasteiger charge is -2.36. The van der Waals surface area contributed by atoms with Gasteiger partial charge in [-0.3, -0.25) is 4.79 Å².